The van der Waals surface area contributed by atoms with Crippen LogP contribution in [0.25, 0.3) is 0 Å². The van der Waals surface area contributed by atoms with Gasteiger partial charge >= 0.3 is 0 Å². The smallest absolute Gasteiger partial charge is 0.255 e. The van der Waals surface area contributed by atoms with Crippen LogP contribution in [0.2, 0.25) is 0 Å². The fraction of sp³-hybridized carbons (Fsp3) is 0.227. The van der Waals surface area contributed by atoms with Gasteiger partial charge in [0, 0.05) is 31.0 Å². The predicted octanol–water partition coefficient (Wildman–Crippen LogP) is 3.63. The number of rotatable bonds is 7. The third kappa shape index (κ3) is 4.65. The van der Waals surface area contributed by atoms with E-state index in [1.54, 1.807) is 42.6 Å². The minimum absolute atomic E-state index is 0.191. The Morgan fingerprint density at radius 1 is 1.04 bits per heavy atom. The molecular formula is C22H24N4O2. The van der Waals surface area contributed by atoms with E-state index in [4.69, 9.17) is 0 Å². The SMILES string of the molecule is CCCNC(=O)c1ccccc1NC(=O)c1ccc(Cn2ccnc2C)cc1. The van der Waals surface area contributed by atoms with E-state index in [1.165, 1.54) is 0 Å². The molecule has 2 amide bonds. The van der Waals surface area contributed by atoms with Gasteiger partial charge in [0.25, 0.3) is 11.8 Å². The number of hydrogen-bond donors (Lipinski definition) is 2. The normalized spacial score (nSPS) is 10.5. The highest BCUT2D eigenvalue weighted by Crippen LogP contribution is 2.17. The Kier molecular flexibility index (Phi) is 6.22. The molecule has 0 aliphatic carbocycles. The zero-order valence-corrected chi connectivity index (χ0v) is 16.1. The first-order valence-corrected chi connectivity index (χ1v) is 9.33. The standard InChI is InChI=1S/C22H24N4O2/c1-3-12-24-22(28)19-6-4-5-7-20(19)25-21(27)18-10-8-17(9-11-18)15-26-14-13-23-16(26)2/h4-11,13-14H,3,12,15H2,1-2H3,(H,24,28)(H,25,27). The van der Waals surface area contributed by atoms with Crippen LogP contribution in [0, 0.1) is 6.92 Å². The van der Waals surface area contributed by atoms with Crippen molar-refractivity contribution in [2.45, 2.75) is 26.8 Å². The summed E-state index contributed by atoms with van der Waals surface area (Å²) in [5, 5.41) is 5.68. The van der Waals surface area contributed by atoms with Crippen LogP contribution < -0.4 is 10.6 Å². The molecule has 0 spiro atoms. The summed E-state index contributed by atoms with van der Waals surface area (Å²) in [5.41, 5.74) is 2.57. The first kappa shape index (κ1) is 19.4. The zero-order valence-electron chi connectivity index (χ0n) is 16.1. The van der Waals surface area contributed by atoms with Crippen LogP contribution in [0.1, 0.15) is 45.4 Å². The number of imidazole rings is 1. The maximum atomic E-state index is 12.6. The molecular weight excluding hydrogens is 352 g/mol. The van der Waals surface area contributed by atoms with Gasteiger partial charge in [0.1, 0.15) is 5.82 Å². The van der Waals surface area contributed by atoms with E-state index in [2.05, 4.69) is 15.6 Å². The molecule has 3 rings (SSSR count). The molecule has 0 saturated carbocycles. The molecule has 2 N–H and O–H groups in total. The van der Waals surface area contributed by atoms with E-state index >= 15 is 0 Å². The van der Waals surface area contributed by atoms with E-state index in [0.29, 0.717) is 29.9 Å². The Morgan fingerprint density at radius 3 is 2.46 bits per heavy atom. The fourth-order valence-electron chi connectivity index (χ4n) is 2.85. The third-order valence-corrected chi connectivity index (χ3v) is 4.45. The number of nitrogens with zero attached hydrogens (tertiary/aromatic N) is 2. The third-order valence-electron chi connectivity index (χ3n) is 4.45. The lowest BCUT2D eigenvalue weighted by Crippen LogP contribution is -2.25. The number of amides is 2. The van der Waals surface area contributed by atoms with Crippen molar-refractivity contribution in [1.82, 2.24) is 14.9 Å². The van der Waals surface area contributed by atoms with Crippen molar-refractivity contribution < 1.29 is 9.59 Å². The largest absolute Gasteiger partial charge is 0.352 e. The summed E-state index contributed by atoms with van der Waals surface area (Å²) >= 11 is 0. The Morgan fingerprint density at radius 2 is 1.79 bits per heavy atom. The Bertz CT molecular complexity index is 961. The maximum absolute atomic E-state index is 12.6. The first-order chi connectivity index (χ1) is 13.6. The molecule has 28 heavy (non-hydrogen) atoms. The molecule has 6 heteroatoms. The van der Waals surface area contributed by atoms with Gasteiger partial charge in [0.2, 0.25) is 0 Å². The summed E-state index contributed by atoms with van der Waals surface area (Å²) < 4.78 is 2.04. The van der Waals surface area contributed by atoms with Crippen LogP contribution in [0.5, 0.6) is 0 Å². The Balaban J connectivity index is 1.70. The molecule has 0 saturated heterocycles. The van der Waals surface area contributed by atoms with Crippen LogP contribution in [0.15, 0.2) is 60.9 Å². The first-order valence-electron chi connectivity index (χ1n) is 9.33. The van der Waals surface area contributed by atoms with Crippen LogP contribution in [0.3, 0.4) is 0 Å². The molecule has 6 nitrogen and oxygen atoms in total. The highest BCUT2D eigenvalue weighted by molar-refractivity contribution is 6.09. The molecule has 2 aromatic carbocycles. The van der Waals surface area contributed by atoms with Crippen molar-refractivity contribution in [2.75, 3.05) is 11.9 Å². The second-order valence-electron chi connectivity index (χ2n) is 6.55. The highest BCUT2D eigenvalue weighted by Gasteiger charge is 2.13. The van der Waals surface area contributed by atoms with Crippen molar-refractivity contribution in [3.63, 3.8) is 0 Å². The maximum Gasteiger partial charge on any atom is 0.255 e. The highest BCUT2D eigenvalue weighted by atomic mass is 16.2. The average molecular weight is 376 g/mol. The molecule has 3 aromatic rings. The second kappa shape index (κ2) is 8.99. The minimum atomic E-state index is -0.249. The summed E-state index contributed by atoms with van der Waals surface area (Å²) in [6, 6.07) is 14.4. The van der Waals surface area contributed by atoms with Crippen LogP contribution >= 0.6 is 0 Å². The number of benzene rings is 2. The van der Waals surface area contributed by atoms with Gasteiger partial charge in [-0.15, -0.1) is 0 Å². The molecule has 0 fully saturated rings. The second-order valence-corrected chi connectivity index (χ2v) is 6.55. The van der Waals surface area contributed by atoms with Crippen molar-refractivity contribution >= 4 is 17.5 Å². The average Bonchev–Trinajstić information content (AvgIpc) is 3.11. The molecule has 0 aliphatic rings. The zero-order chi connectivity index (χ0) is 19.9. The van der Waals surface area contributed by atoms with Crippen LogP contribution in [-0.4, -0.2) is 27.9 Å². The van der Waals surface area contributed by atoms with Gasteiger partial charge in [0.05, 0.1) is 11.3 Å². The topological polar surface area (TPSA) is 76.0 Å². The van der Waals surface area contributed by atoms with Gasteiger partial charge in [-0.3, -0.25) is 9.59 Å². The Hall–Kier alpha value is -3.41. The molecule has 1 heterocycles. The van der Waals surface area contributed by atoms with Crippen molar-refractivity contribution in [3.8, 4) is 0 Å². The van der Waals surface area contributed by atoms with Gasteiger partial charge in [-0.2, -0.15) is 0 Å². The van der Waals surface area contributed by atoms with Crippen LogP contribution in [0.4, 0.5) is 5.69 Å². The summed E-state index contributed by atoms with van der Waals surface area (Å²) in [5.74, 6) is 0.504. The van der Waals surface area contributed by atoms with E-state index in [-0.39, 0.29) is 11.8 Å². The molecule has 0 radical (unpaired) electrons. The number of aromatic nitrogens is 2. The van der Waals surface area contributed by atoms with Gasteiger partial charge in [-0.25, -0.2) is 4.98 Å². The quantitative estimate of drug-likeness (QED) is 0.661. The minimum Gasteiger partial charge on any atom is -0.352 e. The Labute approximate surface area is 164 Å². The van der Waals surface area contributed by atoms with Gasteiger partial charge in [-0.05, 0) is 43.2 Å². The molecule has 0 atom stereocenters. The van der Waals surface area contributed by atoms with Crippen molar-refractivity contribution in [1.29, 1.82) is 0 Å². The number of para-hydroxylation sites is 1. The number of hydrogen-bond acceptors (Lipinski definition) is 3. The number of nitrogens with one attached hydrogen (secondary N) is 2. The fourth-order valence-corrected chi connectivity index (χ4v) is 2.85. The van der Waals surface area contributed by atoms with E-state index in [9.17, 15) is 9.59 Å². The van der Waals surface area contributed by atoms with E-state index in [0.717, 1.165) is 17.8 Å². The van der Waals surface area contributed by atoms with Gasteiger partial charge < -0.3 is 15.2 Å². The summed E-state index contributed by atoms with van der Waals surface area (Å²) in [6.07, 6.45) is 4.55. The number of aryl methyl sites for hydroxylation is 1. The van der Waals surface area contributed by atoms with E-state index in [1.807, 2.05) is 36.7 Å². The summed E-state index contributed by atoms with van der Waals surface area (Å²) in [4.78, 5) is 29.1. The number of carbonyl (C=O) groups is 2. The lowest BCUT2D eigenvalue weighted by molar-refractivity contribution is 0.0954. The number of carbonyl (C=O) groups excluding carboxylic acids is 2. The lowest BCUT2D eigenvalue weighted by Gasteiger charge is -2.11. The molecule has 0 aliphatic heterocycles. The van der Waals surface area contributed by atoms with Crippen LogP contribution in [-0.2, 0) is 6.54 Å². The molecule has 0 unspecified atom stereocenters. The van der Waals surface area contributed by atoms with E-state index < -0.39 is 0 Å². The van der Waals surface area contributed by atoms with Gasteiger partial charge in [-0.1, -0.05) is 31.2 Å². The molecule has 0 bridgehead atoms. The number of anilines is 1. The monoisotopic (exact) mass is 376 g/mol. The predicted molar refractivity (Wildman–Crippen MR) is 110 cm³/mol. The molecule has 144 valence electrons. The van der Waals surface area contributed by atoms with Crippen molar-refractivity contribution in [3.05, 3.63) is 83.4 Å². The van der Waals surface area contributed by atoms with Gasteiger partial charge in [0.15, 0.2) is 0 Å². The summed E-state index contributed by atoms with van der Waals surface area (Å²) in [7, 11) is 0. The van der Waals surface area contributed by atoms with Crippen molar-refractivity contribution in [2.24, 2.45) is 0 Å². The molecule has 1 aromatic heterocycles. The lowest BCUT2D eigenvalue weighted by atomic mass is 10.1. The summed E-state index contributed by atoms with van der Waals surface area (Å²) in [6.45, 7) is 5.24.